The fourth-order valence-electron chi connectivity index (χ4n) is 1.69. The van der Waals surface area contributed by atoms with E-state index < -0.39 is 11.9 Å². The standard InChI is InChI=1S/C9H16N2O3/c10-4-3-8(12)11-5-1-2-7(6-11)9(13)14/h7H,1-6,10H2,(H,13,14). The van der Waals surface area contributed by atoms with Crippen LogP contribution in [0.2, 0.25) is 0 Å². The number of likely N-dealkylation sites (tertiary alicyclic amines) is 1. The van der Waals surface area contributed by atoms with E-state index in [1.54, 1.807) is 4.90 Å². The largest absolute Gasteiger partial charge is 0.481 e. The van der Waals surface area contributed by atoms with Crippen LogP contribution in [-0.4, -0.2) is 41.5 Å². The van der Waals surface area contributed by atoms with Crippen molar-refractivity contribution in [2.24, 2.45) is 11.7 Å². The van der Waals surface area contributed by atoms with Gasteiger partial charge in [0.25, 0.3) is 0 Å². The third kappa shape index (κ3) is 2.70. The fraction of sp³-hybridized carbons (Fsp3) is 0.778. The summed E-state index contributed by atoms with van der Waals surface area (Å²) in [5.41, 5.74) is 5.27. The van der Waals surface area contributed by atoms with Crippen molar-refractivity contribution in [2.75, 3.05) is 19.6 Å². The van der Waals surface area contributed by atoms with Crippen molar-refractivity contribution in [3.63, 3.8) is 0 Å². The van der Waals surface area contributed by atoms with Crippen molar-refractivity contribution in [1.82, 2.24) is 4.90 Å². The Labute approximate surface area is 82.9 Å². The van der Waals surface area contributed by atoms with Crippen LogP contribution in [0.25, 0.3) is 0 Å². The van der Waals surface area contributed by atoms with Crippen LogP contribution in [0.3, 0.4) is 0 Å². The van der Waals surface area contributed by atoms with Gasteiger partial charge in [0.15, 0.2) is 0 Å². The first kappa shape index (κ1) is 11.0. The molecule has 0 radical (unpaired) electrons. The summed E-state index contributed by atoms with van der Waals surface area (Å²) in [7, 11) is 0. The Morgan fingerprint density at radius 3 is 2.79 bits per heavy atom. The number of hydrogen-bond acceptors (Lipinski definition) is 3. The minimum atomic E-state index is -0.810. The number of carbonyl (C=O) groups is 2. The fourth-order valence-corrected chi connectivity index (χ4v) is 1.69. The van der Waals surface area contributed by atoms with Gasteiger partial charge in [-0.2, -0.15) is 0 Å². The summed E-state index contributed by atoms with van der Waals surface area (Å²) < 4.78 is 0. The lowest BCUT2D eigenvalue weighted by atomic mass is 9.98. The molecule has 0 spiro atoms. The van der Waals surface area contributed by atoms with E-state index in [2.05, 4.69) is 0 Å². The van der Waals surface area contributed by atoms with Crippen LogP contribution in [0, 0.1) is 5.92 Å². The molecule has 1 heterocycles. The molecule has 14 heavy (non-hydrogen) atoms. The average Bonchev–Trinajstić information content (AvgIpc) is 2.18. The molecular weight excluding hydrogens is 184 g/mol. The molecule has 5 heteroatoms. The molecule has 0 aromatic carbocycles. The summed E-state index contributed by atoms with van der Waals surface area (Å²) >= 11 is 0. The van der Waals surface area contributed by atoms with E-state index in [1.807, 2.05) is 0 Å². The third-order valence-corrected chi connectivity index (χ3v) is 2.48. The lowest BCUT2D eigenvalue weighted by Gasteiger charge is -2.30. The quantitative estimate of drug-likeness (QED) is 0.652. The van der Waals surface area contributed by atoms with Crippen LogP contribution < -0.4 is 5.73 Å². The second-order valence-corrected chi connectivity index (χ2v) is 3.56. The molecule has 0 aromatic heterocycles. The highest BCUT2D eigenvalue weighted by Crippen LogP contribution is 2.16. The van der Waals surface area contributed by atoms with Crippen molar-refractivity contribution in [2.45, 2.75) is 19.3 Å². The maximum absolute atomic E-state index is 11.4. The number of carbonyl (C=O) groups excluding carboxylic acids is 1. The van der Waals surface area contributed by atoms with E-state index in [9.17, 15) is 9.59 Å². The lowest BCUT2D eigenvalue weighted by Crippen LogP contribution is -2.42. The molecule has 1 unspecified atom stereocenters. The summed E-state index contributed by atoms with van der Waals surface area (Å²) in [5, 5.41) is 8.81. The summed E-state index contributed by atoms with van der Waals surface area (Å²) in [6.45, 7) is 1.34. The topological polar surface area (TPSA) is 83.6 Å². The average molecular weight is 200 g/mol. The van der Waals surface area contributed by atoms with Crippen LogP contribution in [-0.2, 0) is 9.59 Å². The first-order valence-electron chi connectivity index (χ1n) is 4.85. The van der Waals surface area contributed by atoms with Crippen molar-refractivity contribution in [1.29, 1.82) is 0 Å². The van der Waals surface area contributed by atoms with Gasteiger partial charge in [0.1, 0.15) is 0 Å². The van der Waals surface area contributed by atoms with E-state index >= 15 is 0 Å². The first-order chi connectivity index (χ1) is 6.65. The van der Waals surface area contributed by atoms with Gasteiger partial charge in [0.2, 0.25) is 5.91 Å². The van der Waals surface area contributed by atoms with Gasteiger partial charge in [-0.25, -0.2) is 0 Å². The van der Waals surface area contributed by atoms with E-state index in [4.69, 9.17) is 10.8 Å². The maximum Gasteiger partial charge on any atom is 0.308 e. The molecule has 1 aliphatic heterocycles. The van der Waals surface area contributed by atoms with Gasteiger partial charge in [0.05, 0.1) is 5.92 Å². The van der Waals surface area contributed by atoms with Gasteiger partial charge < -0.3 is 15.7 Å². The number of amides is 1. The number of aliphatic carboxylic acids is 1. The molecule has 80 valence electrons. The zero-order chi connectivity index (χ0) is 10.6. The highest BCUT2D eigenvalue weighted by atomic mass is 16.4. The van der Waals surface area contributed by atoms with Crippen LogP contribution in [0.4, 0.5) is 0 Å². The minimum absolute atomic E-state index is 0.0292. The smallest absolute Gasteiger partial charge is 0.308 e. The number of piperidine rings is 1. The van der Waals surface area contributed by atoms with Crippen molar-refractivity contribution in [3.8, 4) is 0 Å². The number of carboxylic acid groups (broad SMARTS) is 1. The van der Waals surface area contributed by atoms with E-state index in [1.165, 1.54) is 0 Å². The number of rotatable bonds is 3. The molecule has 0 bridgehead atoms. The summed E-state index contributed by atoms with van der Waals surface area (Å²) in [6, 6.07) is 0. The van der Waals surface area contributed by atoms with Crippen molar-refractivity contribution >= 4 is 11.9 Å². The van der Waals surface area contributed by atoms with Gasteiger partial charge >= 0.3 is 5.97 Å². The Kier molecular flexibility index (Phi) is 3.88. The van der Waals surface area contributed by atoms with E-state index in [0.29, 0.717) is 32.5 Å². The van der Waals surface area contributed by atoms with Gasteiger partial charge in [0, 0.05) is 26.1 Å². The molecule has 1 rings (SSSR count). The van der Waals surface area contributed by atoms with Gasteiger partial charge in [-0.05, 0) is 12.8 Å². The molecule has 1 saturated heterocycles. The normalized spacial score (nSPS) is 22.1. The van der Waals surface area contributed by atoms with Crippen LogP contribution in [0.1, 0.15) is 19.3 Å². The zero-order valence-corrected chi connectivity index (χ0v) is 8.11. The van der Waals surface area contributed by atoms with Crippen molar-refractivity contribution in [3.05, 3.63) is 0 Å². The Morgan fingerprint density at radius 1 is 1.50 bits per heavy atom. The molecule has 1 aliphatic rings. The zero-order valence-electron chi connectivity index (χ0n) is 8.11. The highest BCUT2D eigenvalue weighted by molar-refractivity contribution is 5.78. The summed E-state index contributed by atoms with van der Waals surface area (Å²) in [6.07, 6.45) is 1.75. The molecule has 3 N–H and O–H groups in total. The third-order valence-electron chi connectivity index (χ3n) is 2.48. The maximum atomic E-state index is 11.4. The molecule has 0 aliphatic carbocycles. The lowest BCUT2D eigenvalue weighted by molar-refractivity contribution is -0.145. The minimum Gasteiger partial charge on any atom is -0.481 e. The highest BCUT2D eigenvalue weighted by Gasteiger charge is 2.27. The second kappa shape index (κ2) is 4.95. The second-order valence-electron chi connectivity index (χ2n) is 3.56. The number of nitrogens with two attached hydrogens (primary N) is 1. The van der Waals surface area contributed by atoms with E-state index in [0.717, 1.165) is 6.42 Å². The number of hydrogen-bond donors (Lipinski definition) is 2. The van der Waals surface area contributed by atoms with Gasteiger partial charge in [-0.3, -0.25) is 9.59 Å². The first-order valence-corrected chi connectivity index (χ1v) is 4.85. The number of nitrogens with zero attached hydrogens (tertiary/aromatic N) is 1. The van der Waals surface area contributed by atoms with E-state index in [-0.39, 0.29) is 5.91 Å². The Hall–Kier alpha value is -1.10. The molecule has 1 amide bonds. The van der Waals surface area contributed by atoms with Crippen LogP contribution >= 0.6 is 0 Å². The van der Waals surface area contributed by atoms with Crippen molar-refractivity contribution < 1.29 is 14.7 Å². The Balaban J connectivity index is 2.47. The SMILES string of the molecule is NCCC(=O)N1CCCC(C(=O)O)C1. The molecule has 0 saturated carbocycles. The molecule has 1 fully saturated rings. The van der Waals surface area contributed by atoms with Gasteiger partial charge in [-0.1, -0.05) is 0 Å². The van der Waals surface area contributed by atoms with Crippen LogP contribution in [0.15, 0.2) is 0 Å². The Bertz CT molecular complexity index is 230. The summed E-state index contributed by atoms with van der Waals surface area (Å²) in [5.74, 6) is -1.24. The molecule has 1 atom stereocenters. The predicted molar refractivity (Wildman–Crippen MR) is 50.6 cm³/mol. The number of carboxylic acids is 1. The predicted octanol–water partition coefficient (Wildman–Crippen LogP) is -0.342. The molecular formula is C9H16N2O3. The van der Waals surface area contributed by atoms with Gasteiger partial charge in [-0.15, -0.1) is 0 Å². The van der Waals surface area contributed by atoms with Crippen LogP contribution in [0.5, 0.6) is 0 Å². The summed E-state index contributed by atoms with van der Waals surface area (Å²) in [4.78, 5) is 23.7. The molecule has 0 aromatic rings. The Morgan fingerprint density at radius 2 is 2.21 bits per heavy atom. The molecule has 5 nitrogen and oxygen atoms in total. The monoisotopic (exact) mass is 200 g/mol.